The number of urea groups is 1. The van der Waals surface area contributed by atoms with Crippen molar-refractivity contribution in [3.8, 4) is 11.1 Å². The number of carbonyl (C=O) groups excluding carboxylic acids is 1. The molecule has 126 valence electrons. The minimum atomic E-state index is -0.0384. The Morgan fingerprint density at radius 1 is 1.12 bits per heavy atom. The fraction of sp³-hybridized carbons (Fsp3) is 0.167. The maximum Gasteiger partial charge on any atom is 0.326 e. The molecule has 0 atom stereocenters. The zero-order valence-electron chi connectivity index (χ0n) is 13.4. The predicted molar refractivity (Wildman–Crippen MR) is 96.4 cm³/mol. The highest BCUT2D eigenvalue weighted by molar-refractivity contribution is 6.30. The van der Waals surface area contributed by atoms with E-state index in [1.54, 1.807) is 22.2 Å². The number of nitrogens with one attached hydrogen (secondary N) is 1. The Labute approximate surface area is 150 Å². The first-order valence-electron chi connectivity index (χ1n) is 7.97. The van der Waals surface area contributed by atoms with E-state index >= 15 is 0 Å². The lowest BCUT2D eigenvalue weighted by molar-refractivity contribution is 0.218. The summed E-state index contributed by atoms with van der Waals surface area (Å²) < 4.78 is 0. The molecule has 2 amide bonds. The van der Waals surface area contributed by atoms with E-state index < -0.39 is 0 Å². The number of nitrogens with zero attached hydrogens (tertiary/aromatic N) is 4. The number of carbonyl (C=O) groups is 1. The smallest absolute Gasteiger partial charge is 0.318 e. The normalized spacial score (nSPS) is 14.4. The Morgan fingerprint density at radius 3 is 2.76 bits per heavy atom. The third kappa shape index (κ3) is 3.21. The second-order valence-corrected chi connectivity index (χ2v) is 6.31. The van der Waals surface area contributed by atoms with Gasteiger partial charge in [-0.2, -0.15) is 5.10 Å². The third-order valence-electron chi connectivity index (χ3n) is 4.21. The van der Waals surface area contributed by atoms with E-state index in [-0.39, 0.29) is 6.03 Å². The number of aromatic nitrogens is 3. The van der Waals surface area contributed by atoms with Gasteiger partial charge in [0.2, 0.25) is 0 Å². The number of anilines is 1. The quantitative estimate of drug-likeness (QED) is 0.779. The number of aromatic amines is 1. The van der Waals surface area contributed by atoms with Crippen LogP contribution in [0.15, 0.2) is 55.0 Å². The Bertz CT molecular complexity index is 879. The van der Waals surface area contributed by atoms with Crippen molar-refractivity contribution in [2.75, 3.05) is 18.0 Å². The monoisotopic (exact) mass is 353 g/mol. The van der Waals surface area contributed by atoms with Gasteiger partial charge < -0.3 is 4.90 Å². The number of benzene rings is 1. The van der Waals surface area contributed by atoms with Crippen LogP contribution in [0.3, 0.4) is 0 Å². The van der Waals surface area contributed by atoms with E-state index in [2.05, 4.69) is 15.2 Å². The van der Waals surface area contributed by atoms with Gasteiger partial charge in [0.1, 0.15) is 5.82 Å². The minimum Gasteiger partial charge on any atom is -0.318 e. The lowest BCUT2D eigenvalue weighted by atomic mass is 10.2. The van der Waals surface area contributed by atoms with Crippen molar-refractivity contribution >= 4 is 23.4 Å². The van der Waals surface area contributed by atoms with Gasteiger partial charge in [0.15, 0.2) is 0 Å². The summed E-state index contributed by atoms with van der Waals surface area (Å²) in [5.41, 5.74) is 2.94. The van der Waals surface area contributed by atoms with E-state index in [9.17, 15) is 4.79 Å². The molecular weight excluding hydrogens is 338 g/mol. The molecule has 1 N–H and O–H groups in total. The second kappa shape index (κ2) is 6.57. The number of rotatable bonds is 4. The van der Waals surface area contributed by atoms with Gasteiger partial charge in [0.25, 0.3) is 0 Å². The molecule has 0 unspecified atom stereocenters. The molecule has 1 aromatic carbocycles. The Hall–Kier alpha value is -2.86. The largest absolute Gasteiger partial charge is 0.326 e. The molecule has 3 aromatic rings. The predicted octanol–water partition coefficient (Wildman–Crippen LogP) is 3.57. The molecule has 0 bridgehead atoms. The van der Waals surface area contributed by atoms with Crippen LogP contribution in [-0.4, -0.2) is 39.2 Å². The maximum atomic E-state index is 12.7. The molecule has 2 aromatic heterocycles. The fourth-order valence-electron chi connectivity index (χ4n) is 2.92. The molecule has 1 saturated heterocycles. The first-order valence-corrected chi connectivity index (χ1v) is 8.34. The number of hydrogen-bond donors (Lipinski definition) is 1. The first-order chi connectivity index (χ1) is 12.2. The van der Waals surface area contributed by atoms with Crippen molar-refractivity contribution in [1.29, 1.82) is 0 Å². The summed E-state index contributed by atoms with van der Waals surface area (Å²) in [4.78, 5) is 20.6. The zero-order chi connectivity index (χ0) is 17.2. The van der Waals surface area contributed by atoms with Crippen molar-refractivity contribution in [2.24, 2.45) is 0 Å². The van der Waals surface area contributed by atoms with Gasteiger partial charge in [-0.15, -0.1) is 0 Å². The number of halogens is 1. The molecule has 3 heterocycles. The van der Waals surface area contributed by atoms with Crippen LogP contribution in [0.1, 0.15) is 5.56 Å². The SMILES string of the molecule is O=C1N(Cc2cccc(Cl)c2)CCN1c1ccc(-c2cn[nH]c2)cn1. The van der Waals surface area contributed by atoms with E-state index in [0.717, 1.165) is 16.7 Å². The molecule has 1 fully saturated rings. The topological polar surface area (TPSA) is 65.1 Å². The van der Waals surface area contributed by atoms with E-state index in [4.69, 9.17) is 11.6 Å². The van der Waals surface area contributed by atoms with Crippen molar-refractivity contribution in [3.05, 3.63) is 65.6 Å². The van der Waals surface area contributed by atoms with Crippen LogP contribution >= 0.6 is 11.6 Å². The molecule has 7 heteroatoms. The first kappa shape index (κ1) is 15.7. The Balaban J connectivity index is 1.48. The van der Waals surface area contributed by atoms with Gasteiger partial charge in [0.05, 0.1) is 6.20 Å². The van der Waals surface area contributed by atoms with Crippen LogP contribution < -0.4 is 4.90 Å². The van der Waals surface area contributed by atoms with Crippen LogP contribution in [0.5, 0.6) is 0 Å². The molecule has 0 radical (unpaired) electrons. The van der Waals surface area contributed by atoms with Crippen molar-refractivity contribution in [1.82, 2.24) is 20.1 Å². The second-order valence-electron chi connectivity index (χ2n) is 5.88. The van der Waals surface area contributed by atoms with Crippen LogP contribution in [0.4, 0.5) is 10.6 Å². The van der Waals surface area contributed by atoms with Crippen molar-refractivity contribution < 1.29 is 4.79 Å². The molecule has 0 spiro atoms. The number of amides is 2. The standard InChI is InChI=1S/C18H16ClN5O/c19-16-3-1-2-13(8-16)12-23-6-7-24(18(23)25)17-5-4-14(9-20-17)15-10-21-22-11-15/h1-5,8-11H,6-7,12H2,(H,21,22). The van der Waals surface area contributed by atoms with Gasteiger partial charge in [-0.25, -0.2) is 9.78 Å². The molecule has 6 nitrogen and oxygen atoms in total. The molecule has 1 aliphatic heterocycles. The highest BCUT2D eigenvalue weighted by Gasteiger charge is 2.30. The lowest BCUT2D eigenvalue weighted by Gasteiger charge is -2.18. The molecule has 25 heavy (non-hydrogen) atoms. The highest BCUT2D eigenvalue weighted by atomic mass is 35.5. The molecule has 1 aliphatic rings. The van der Waals surface area contributed by atoms with Crippen molar-refractivity contribution in [3.63, 3.8) is 0 Å². The highest BCUT2D eigenvalue weighted by Crippen LogP contribution is 2.23. The summed E-state index contributed by atoms with van der Waals surface area (Å²) in [6, 6.07) is 11.3. The summed E-state index contributed by atoms with van der Waals surface area (Å²) in [5.74, 6) is 0.658. The van der Waals surface area contributed by atoms with Gasteiger partial charge >= 0.3 is 6.03 Å². The van der Waals surface area contributed by atoms with Gasteiger partial charge in [-0.3, -0.25) is 10.00 Å². The van der Waals surface area contributed by atoms with Crippen LogP contribution in [0.2, 0.25) is 5.02 Å². The van der Waals surface area contributed by atoms with E-state index in [0.29, 0.717) is 30.5 Å². The molecule has 0 saturated carbocycles. The van der Waals surface area contributed by atoms with Gasteiger partial charge in [0, 0.05) is 48.2 Å². The lowest BCUT2D eigenvalue weighted by Crippen LogP contribution is -2.31. The van der Waals surface area contributed by atoms with Crippen LogP contribution in [0, 0.1) is 0 Å². The molecule has 0 aliphatic carbocycles. The Kier molecular flexibility index (Phi) is 4.11. The fourth-order valence-corrected chi connectivity index (χ4v) is 3.14. The van der Waals surface area contributed by atoms with Crippen molar-refractivity contribution in [2.45, 2.75) is 6.54 Å². The van der Waals surface area contributed by atoms with Gasteiger partial charge in [-0.1, -0.05) is 23.7 Å². The summed E-state index contributed by atoms with van der Waals surface area (Å²) in [7, 11) is 0. The maximum absolute atomic E-state index is 12.7. The van der Waals surface area contributed by atoms with E-state index in [1.165, 1.54) is 0 Å². The van der Waals surface area contributed by atoms with Crippen LogP contribution in [0.25, 0.3) is 11.1 Å². The number of H-pyrrole nitrogens is 1. The van der Waals surface area contributed by atoms with Gasteiger partial charge in [-0.05, 0) is 29.8 Å². The average molecular weight is 354 g/mol. The summed E-state index contributed by atoms with van der Waals surface area (Å²) >= 11 is 6.02. The Morgan fingerprint density at radius 2 is 2.04 bits per heavy atom. The summed E-state index contributed by atoms with van der Waals surface area (Å²) in [5, 5.41) is 7.39. The number of pyridine rings is 1. The average Bonchev–Trinajstić information content (AvgIpc) is 3.27. The summed E-state index contributed by atoms with van der Waals surface area (Å²) in [6.45, 7) is 1.83. The number of hydrogen-bond acceptors (Lipinski definition) is 3. The molecule has 4 rings (SSSR count). The summed E-state index contributed by atoms with van der Waals surface area (Å²) in [6.07, 6.45) is 5.31. The zero-order valence-corrected chi connectivity index (χ0v) is 14.1. The minimum absolute atomic E-state index is 0.0384. The van der Waals surface area contributed by atoms with E-state index in [1.807, 2.05) is 42.6 Å². The third-order valence-corrected chi connectivity index (χ3v) is 4.45. The molecular formula is C18H16ClN5O. The van der Waals surface area contributed by atoms with Crippen LogP contribution in [-0.2, 0) is 6.54 Å².